The van der Waals surface area contributed by atoms with Gasteiger partial charge in [-0.25, -0.2) is 0 Å². The highest BCUT2D eigenvalue weighted by Gasteiger charge is 2.35. The van der Waals surface area contributed by atoms with E-state index in [4.69, 9.17) is 0 Å². The minimum atomic E-state index is -0.500. The Morgan fingerprint density at radius 3 is 2.68 bits per heavy atom. The van der Waals surface area contributed by atoms with Crippen LogP contribution in [0.25, 0.3) is 0 Å². The predicted octanol–water partition coefficient (Wildman–Crippen LogP) is 2.26. The average molecular weight is 263 g/mol. The number of benzene rings is 1. The van der Waals surface area contributed by atoms with E-state index in [0.29, 0.717) is 12.2 Å². The molecule has 1 aromatic carbocycles. The van der Waals surface area contributed by atoms with Crippen molar-refractivity contribution in [1.29, 1.82) is 0 Å². The lowest BCUT2D eigenvalue weighted by Gasteiger charge is -2.20. The van der Waals surface area contributed by atoms with Crippen LogP contribution in [0, 0.1) is 10.1 Å². The van der Waals surface area contributed by atoms with Gasteiger partial charge in [0.15, 0.2) is 0 Å². The number of rotatable bonds is 5. The molecule has 1 N–H and O–H groups in total. The Balaban J connectivity index is 2.43. The van der Waals surface area contributed by atoms with E-state index >= 15 is 0 Å². The van der Waals surface area contributed by atoms with Gasteiger partial charge in [0.2, 0.25) is 0 Å². The highest BCUT2D eigenvalue weighted by Crippen LogP contribution is 2.33. The molecule has 0 spiro atoms. The first-order valence-corrected chi connectivity index (χ1v) is 6.36. The highest BCUT2D eigenvalue weighted by molar-refractivity contribution is 6.00. The molecule has 1 aromatic rings. The van der Waals surface area contributed by atoms with Crippen LogP contribution in [0.5, 0.6) is 0 Å². The number of para-hydroxylation sites is 1. The summed E-state index contributed by atoms with van der Waals surface area (Å²) in [5, 5.41) is 14.0. The number of nitrogens with one attached hydrogen (secondary N) is 1. The number of nitrogens with zero attached hydrogens (tertiary/aromatic N) is 2. The van der Waals surface area contributed by atoms with Gasteiger partial charge in [-0.3, -0.25) is 14.9 Å². The molecule has 1 amide bonds. The molecule has 0 bridgehead atoms. The molecule has 102 valence electrons. The molecule has 6 heteroatoms. The van der Waals surface area contributed by atoms with Crippen LogP contribution in [0.3, 0.4) is 0 Å². The first kappa shape index (κ1) is 13.3. The summed E-state index contributed by atoms with van der Waals surface area (Å²) in [7, 11) is 1.61. The SMILES string of the molecule is CCN(C(=O)c1cccc(NC)c1[N+](=O)[O-])C1CC1. The smallest absolute Gasteiger partial charge is 0.305 e. The number of hydrogen-bond acceptors (Lipinski definition) is 4. The minimum Gasteiger partial charge on any atom is -0.383 e. The van der Waals surface area contributed by atoms with Gasteiger partial charge in [-0.2, -0.15) is 0 Å². The topological polar surface area (TPSA) is 75.5 Å². The highest BCUT2D eigenvalue weighted by atomic mass is 16.6. The molecule has 0 radical (unpaired) electrons. The van der Waals surface area contributed by atoms with Gasteiger partial charge in [0, 0.05) is 19.6 Å². The van der Waals surface area contributed by atoms with Gasteiger partial charge in [-0.05, 0) is 31.9 Å². The second-order valence-corrected chi connectivity index (χ2v) is 4.53. The van der Waals surface area contributed by atoms with Gasteiger partial charge in [0.05, 0.1) is 4.92 Å². The van der Waals surface area contributed by atoms with Crippen LogP contribution < -0.4 is 5.32 Å². The molecular weight excluding hydrogens is 246 g/mol. The monoisotopic (exact) mass is 263 g/mol. The summed E-state index contributed by atoms with van der Waals surface area (Å²) < 4.78 is 0. The summed E-state index contributed by atoms with van der Waals surface area (Å²) in [4.78, 5) is 24.9. The summed E-state index contributed by atoms with van der Waals surface area (Å²) in [5.41, 5.74) is 0.377. The number of anilines is 1. The largest absolute Gasteiger partial charge is 0.383 e. The maximum atomic E-state index is 12.4. The van der Waals surface area contributed by atoms with E-state index < -0.39 is 4.92 Å². The van der Waals surface area contributed by atoms with Gasteiger partial charge in [0.25, 0.3) is 5.91 Å². The fraction of sp³-hybridized carbons (Fsp3) is 0.462. The number of nitro benzene ring substituents is 1. The normalized spacial score (nSPS) is 14.0. The van der Waals surface area contributed by atoms with E-state index in [1.165, 1.54) is 6.07 Å². The van der Waals surface area contributed by atoms with E-state index in [-0.39, 0.29) is 23.2 Å². The lowest BCUT2D eigenvalue weighted by Crippen LogP contribution is -2.33. The van der Waals surface area contributed by atoms with Gasteiger partial charge >= 0.3 is 5.69 Å². The van der Waals surface area contributed by atoms with Crippen molar-refractivity contribution in [3.63, 3.8) is 0 Å². The Morgan fingerprint density at radius 2 is 2.21 bits per heavy atom. The zero-order valence-electron chi connectivity index (χ0n) is 11.0. The molecule has 1 fully saturated rings. The molecule has 0 aliphatic heterocycles. The Bertz CT molecular complexity index is 512. The molecule has 1 aliphatic rings. The third-order valence-electron chi connectivity index (χ3n) is 3.31. The Labute approximate surface area is 111 Å². The Morgan fingerprint density at radius 1 is 1.53 bits per heavy atom. The van der Waals surface area contributed by atoms with Crippen LogP contribution in [0.4, 0.5) is 11.4 Å². The molecule has 0 atom stereocenters. The van der Waals surface area contributed by atoms with Crippen LogP contribution in [-0.2, 0) is 0 Å². The van der Waals surface area contributed by atoms with E-state index in [9.17, 15) is 14.9 Å². The van der Waals surface area contributed by atoms with Gasteiger partial charge in [-0.1, -0.05) is 6.07 Å². The molecule has 0 heterocycles. The summed E-state index contributed by atoms with van der Waals surface area (Å²) in [6.45, 7) is 2.47. The molecule has 1 aliphatic carbocycles. The summed E-state index contributed by atoms with van der Waals surface area (Å²) in [5.74, 6) is -0.256. The fourth-order valence-corrected chi connectivity index (χ4v) is 2.22. The van der Waals surface area contributed by atoms with Gasteiger partial charge in [0.1, 0.15) is 11.3 Å². The number of carbonyl (C=O) groups excluding carboxylic acids is 1. The molecule has 0 unspecified atom stereocenters. The molecule has 0 aromatic heterocycles. The van der Waals surface area contributed by atoms with Gasteiger partial charge < -0.3 is 10.2 Å². The third-order valence-corrected chi connectivity index (χ3v) is 3.31. The minimum absolute atomic E-state index is 0.144. The molecule has 2 rings (SSSR count). The zero-order chi connectivity index (χ0) is 14.0. The molecule has 0 saturated heterocycles. The third kappa shape index (κ3) is 2.52. The molecular formula is C13H17N3O3. The maximum Gasteiger partial charge on any atom is 0.305 e. The second-order valence-electron chi connectivity index (χ2n) is 4.53. The Hall–Kier alpha value is -2.11. The van der Waals surface area contributed by atoms with E-state index in [1.54, 1.807) is 24.1 Å². The summed E-state index contributed by atoms with van der Waals surface area (Å²) >= 11 is 0. The zero-order valence-corrected chi connectivity index (χ0v) is 11.0. The second kappa shape index (κ2) is 5.26. The van der Waals surface area contributed by atoms with Crippen molar-refractivity contribution in [2.24, 2.45) is 0 Å². The number of hydrogen-bond donors (Lipinski definition) is 1. The predicted molar refractivity (Wildman–Crippen MR) is 72.4 cm³/mol. The lowest BCUT2D eigenvalue weighted by atomic mass is 10.1. The van der Waals surface area contributed by atoms with Crippen LogP contribution in [-0.4, -0.2) is 35.4 Å². The number of nitro groups is 1. The van der Waals surface area contributed by atoms with Crippen molar-refractivity contribution in [3.8, 4) is 0 Å². The van der Waals surface area contributed by atoms with Crippen LogP contribution in [0.15, 0.2) is 18.2 Å². The number of amides is 1. The quantitative estimate of drug-likeness (QED) is 0.653. The van der Waals surface area contributed by atoms with Crippen LogP contribution in [0.2, 0.25) is 0 Å². The first-order chi connectivity index (χ1) is 9.10. The van der Waals surface area contributed by atoms with Crippen LogP contribution in [0.1, 0.15) is 30.1 Å². The fourth-order valence-electron chi connectivity index (χ4n) is 2.22. The summed E-state index contributed by atoms with van der Waals surface area (Å²) in [6.07, 6.45) is 1.97. The average Bonchev–Trinajstić information content (AvgIpc) is 3.22. The summed E-state index contributed by atoms with van der Waals surface area (Å²) in [6, 6.07) is 5.02. The van der Waals surface area contributed by atoms with Gasteiger partial charge in [-0.15, -0.1) is 0 Å². The van der Waals surface area contributed by atoms with E-state index in [0.717, 1.165) is 12.8 Å². The van der Waals surface area contributed by atoms with Crippen molar-refractivity contribution in [2.75, 3.05) is 18.9 Å². The van der Waals surface area contributed by atoms with Crippen LogP contribution >= 0.6 is 0 Å². The van der Waals surface area contributed by atoms with E-state index in [2.05, 4.69) is 5.32 Å². The maximum absolute atomic E-state index is 12.4. The van der Waals surface area contributed by atoms with Crippen molar-refractivity contribution in [3.05, 3.63) is 33.9 Å². The molecule has 19 heavy (non-hydrogen) atoms. The standard InChI is InChI=1S/C13H17N3O3/c1-3-15(9-7-8-9)13(17)10-5-4-6-11(14-2)12(10)16(18)19/h4-6,9,14H,3,7-8H2,1-2H3. The van der Waals surface area contributed by atoms with Crippen molar-refractivity contribution in [1.82, 2.24) is 4.90 Å². The van der Waals surface area contributed by atoms with Crippen molar-refractivity contribution in [2.45, 2.75) is 25.8 Å². The molecule has 6 nitrogen and oxygen atoms in total. The first-order valence-electron chi connectivity index (χ1n) is 6.36. The van der Waals surface area contributed by atoms with Crippen molar-refractivity contribution >= 4 is 17.3 Å². The number of carbonyl (C=O) groups is 1. The molecule has 1 saturated carbocycles. The van der Waals surface area contributed by atoms with E-state index in [1.807, 2.05) is 6.92 Å². The Kier molecular flexibility index (Phi) is 3.69. The van der Waals surface area contributed by atoms with Crippen molar-refractivity contribution < 1.29 is 9.72 Å². The lowest BCUT2D eigenvalue weighted by molar-refractivity contribution is -0.384.